The predicted octanol–water partition coefficient (Wildman–Crippen LogP) is 3.66. The van der Waals surface area contributed by atoms with Crippen molar-refractivity contribution in [3.05, 3.63) is 102 Å². The summed E-state index contributed by atoms with van der Waals surface area (Å²) in [6.07, 6.45) is -5.57. The minimum absolute atomic E-state index is 0.0155. The van der Waals surface area contributed by atoms with E-state index in [1.165, 1.54) is 12.1 Å². The molecular weight excluding hydrogens is 484 g/mol. The van der Waals surface area contributed by atoms with Gasteiger partial charge in [-0.2, -0.15) is 8.42 Å². The van der Waals surface area contributed by atoms with Crippen LogP contribution in [0.4, 0.5) is 0 Å². The van der Waals surface area contributed by atoms with Gasteiger partial charge in [0.05, 0.1) is 18.1 Å². The van der Waals surface area contributed by atoms with Crippen LogP contribution in [0, 0.1) is 6.92 Å². The van der Waals surface area contributed by atoms with Crippen LogP contribution in [0.25, 0.3) is 0 Å². The van der Waals surface area contributed by atoms with E-state index in [0.29, 0.717) is 0 Å². The molecule has 0 bridgehead atoms. The first-order valence-electron chi connectivity index (χ1n) is 11.7. The second-order valence-electron chi connectivity index (χ2n) is 8.82. The molecule has 190 valence electrons. The van der Waals surface area contributed by atoms with Crippen LogP contribution >= 0.6 is 0 Å². The largest absolute Gasteiger partial charge is 0.388 e. The second-order valence-corrected chi connectivity index (χ2v) is 10.4. The molecule has 2 heterocycles. The second kappa shape index (κ2) is 10.8. The van der Waals surface area contributed by atoms with Crippen LogP contribution in [0.2, 0.25) is 0 Å². The summed E-state index contributed by atoms with van der Waals surface area (Å²) in [7, 11) is -4.14. The molecule has 9 heteroatoms. The topological polar surface area (TPSA) is 101 Å². The number of benzene rings is 3. The van der Waals surface area contributed by atoms with Gasteiger partial charge >= 0.3 is 0 Å². The number of hydrogen-bond acceptors (Lipinski definition) is 8. The lowest BCUT2D eigenvalue weighted by atomic mass is 10.0. The maximum atomic E-state index is 13.1. The van der Waals surface area contributed by atoms with Crippen LogP contribution in [-0.2, 0) is 33.2 Å². The van der Waals surface area contributed by atoms with Crippen LogP contribution in [0.3, 0.4) is 0 Å². The number of aryl methyl sites for hydroxylation is 1. The van der Waals surface area contributed by atoms with Gasteiger partial charge in [-0.05, 0) is 19.1 Å². The molecule has 0 amide bonds. The summed E-state index contributed by atoms with van der Waals surface area (Å²) in [4.78, 5) is 0.0210. The van der Waals surface area contributed by atoms with Crippen LogP contribution in [0.5, 0.6) is 0 Å². The molecule has 3 aromatic carbocycles. The van der Waals surface area contributed by atoms with E-state index in [-0.39, 0.29) is 18.1 Å². The Kier molecular flexibility index (Phi) is 7.49. The number of ether oxygens (including phenoxy) is 4. The van der Waals surface area contributed by atoms with Crippen LogP contribution in [0.1, 0.15) is 29.3 Å². The predicted molar refractivity (Wildman–Crippen MR) is 129 cm³/mol. The fourth-order valence-electron chi connectivity index (χ4n) is 4.26. The lowest BCUT2D eigenvalue weighted by Crippen LogP contribution is -2.57. The van der Waals surface area contributed by atoms with E-state index < -0.39 is 47.1 Å². The fourth-order valence-corrected chi connectivity index (χ4v) is 5.33. The van der Waals surface area contributed by atoms with E-state index in [0.717, 1.165) is 16.7 Å². The minimum Gasteiger partial charge on any atom is -0.388 e. The summed E-state index contributed by atoms with van der Waals surface area (Å²) in [5.74, 6) is 0. The number of aliphatic hydroxyl groups excluding tert-OH is 1. The standard InChI is InChI=1S/C27H28O8S/c1-18-12-14-21(15-13-18)36(29,30)35-23-17-32-27(20-10-6-3-7-11-20)34-25(23)24-22(28)16-31-26(33-24)19-8-4-2-5-9-19/h2-15,22-28H,16-17H2,1H3/t22-,23-,24-,25-,26?,27?/m1/s1. The van der Waals surface area contributed by atoms with Crippen molar-refractivity contribution in [1.82, 2.24) is 0 Å². The smallest absolute Gasteiger partial charge is 0.297 e. The maximum absolute atomic E-state index is 13.1. The molecular formula is C27H28O8S. The van der Waals surface area contributed by atoms with Gasteiger partial charge < -0.3 is 24.1 Å². The molecule has 5 rings (SSSR count). The molecule has 2 aliphatic rings. The third-order valence-corrected chi connectivity index (χ3v) is 7.51. The van der Waals surface area contributed by atoms with Crippen LogP contribution < -0.4 is 0 Å². The number of hydrogen-bond donors (Lipinski definition) is 1. The van der Waals surface area contributed by atoms with Gasteiger partial charge in [-0.3, -0.25) is 4.18 Å². The first-order chi connectivity index (χ1) is 17.4. The molecule has 36 heavy (non-hydrogen) atoms. The van der Waals surface area contributed by atoms with Gasteiger partial charge in [0.1, 0.15) is 24.4 Å². The first kappa shape index (κ1) is 25.0. The van der Waals surface area contributed by atoms with E-state index in [4.69, 9.17) is 23.1 Å². The van der Waals surface area contributed by atoms with Gasteiger partial charge in [-0.15, -0.1) is 0 Å². The molecule has 0 spiro atoms. The maximum Gasteiger partial charge on any atom is 0.297 e. The molecule has 2 saturated heterocycles. The molecule has 0 aliphatic carbocycles. The average molecular weight is 513 g/mol. The lowest BCUT2D eigenvalue weighted by molar-refractivity contribution is -0.328. The molecule has 8 nitrogen and oxygen atoms in total. The van der Waals surface area contributed by atoms with Crippen molar-refractivity contribution < 1.29 is 36.7 Å². The van der Waals surface area contributed by atoms with E-state index >= 15 is 0 Å². The first-order valence-corrected chi connectivity index (χ1v) is 13.1. The molecule has 0 radical (unpaired) electrons. The van der Waals surface area contributed by atoms with Crippen molar-refractivity contribution in [1.29, 1.82) is 0 Å². The summed E-state index contributed by atoms with van der Waals surface area (Å²) in [6, 6.07) is 25.0. The minimum atomic E-state index is -4.14. The van der Waals surface area contributed by atoms with Crippen molar-refractivity contribution in [2.24, 2.45) is 0 Å². The van der Waals surface area contributed by atoms with Gasteiger partial charge in [-0.25, -0.2) is 0 Å². The zero-order valence-electron chi connectivity index (χ0n) is 19.7. The van der Waals surface area contributed by atoms with Crippen molar-refractivity contribution in [3.8, 4) is 0 Å². The SMILES string of the molecule is Cc1ccc(S(=O)(=O)O[C@@H]2COC(c3ccccc3)O[C@H]2[C@@H]2OC(c3ccccc3)OC[C@H]2O)cc1. The molecule has 2 unspecified atom stereocenters. The molecule has 2 fully saturated rings. The lowest BCUT2D eigenvalue weighted by Gasteiger charge is -2.44. The summed E-state index contributed by atoms with van der Waals surface area (Å²) in [5.41, 5.74) is 2.45. The van der Waals surface area contributed by atoms with E-state index in [9.17, 15) is 13.5 Å². The fraction of sp³-hybridized carbons (Fsp3) is 0.333. The zero-order valence-corrected chi connectivity index (χ0v) is 20.5. The third-order valence-electron chi connectivity index (χ3n) is 6.16. The van der Waals surface area contributed by atoms with Crippen LogP contribution in [-0.4, -0.2) is 51.2 Å². The quantitative estimate of drug-likeness (QED) is 0.500. The molecule has 6 atom stereocenters. The van der Waals surface area contributed by atoms with Crippen molar-refractivity contribution in [2.75, 3.05) is 13.2 Å². The molecule has 0 saturated carbocycles. The Morgan fingerprint density at radius 3 is 1.86 bits per heavy atom. The average Bonchev–Trinajstić information content (AvgIpc) is 2.90. The Bertz CT molecular complexity index is 1230. The highest BCUT2D eigenvalue weighted by atomic mass is 32.2. The number of rotatable bonds is 6. The highest BCUT2D eigenvalue weighted by Crippen LogP contribution is 2.36. The van der Waals surface area contributed by atoms with Gasteiger partial charge in [-0.1, -0.05) is 78.4 Å². The normalized spacial score (nSPS) is 29.1. The van der Waals surface area contributed by atoms with Gasteiger partial charge in [0, 0.05) is 11.1 Å². The number of aliphatic hydroxyl groups is 1. The van der Waals surface area contributed by atoms with Gasteiger partial charge in [0.15, 0.2) is 12.6 Å². The zero-order chi connectivity index (χ0) is 25.1. The van der Waals surface area contributed by atoms with Crippen LogP contribution in [0.15, 0.2) is 89.8 Å². The Morgan fingerprint density at radius 1 is 0.750 bits per heavy atom. The van der Waals surface area contributed by atoms with Crippen molar-refractivity contribution >= 4 is 10.1 Å². The Morgan fingerprint density at radius 2 is 1.28 bits per heavy atom. The third kappa shape index (κ3) is 5.52. The highest BCUT2D eigenvalue weighted by molar-refractivity contribution is 7.86. The molecule has 2 aliphatic heterocycles. The van der Waals surface area contributed by atoms with Gasteiger partial charge in [0.25, 0.3) is 10.1 Å². The van der Waals surface area contributed by atoms with Crippen molar-refractivity contribution in [2.45, 2.75) is 48.8 Å². The summed E-state index contributed by atoms with van der Waals surface area (Å²) in [5, 5.41) is 10.8. The van der Waals surface area contributed by atoms with Gasteiger partial charge in [0.2, 0.25) is 0 Å². The Balaban J connectivity index is 1.43. The Hall–Kier alpha value is -2.63. The van der Waals surface area contributed by atoms with E-state index in [1.807, 2.05) is 67.6 Å². The Labute approximate surface area is 210 Å². The monoisotopic (exact) mass is 512 g/mol. The summed E-state index contributed by atoms with van der Waals surface area (Å²) in [6.45, 7) is 1.77. The molecule has 3 aromatic rings. The van der Waals surface area contributed by atoms with E-state index in [1.54, 1.807) is 12.1 Å². The molecule has 1 N–H and O–H groups in total. The van der Waals surface area contributed by atoms with E-state index in [2.05, 4.69) is 0 Å². The summed E-state index contributed by atoms with van der Waals surface area (Å²) >= 11 is 0. The van der Waals surface area contributed by atoms with Crippen molar-refractivity contribution in [3.63, 3.8) is 0 Å². The highest BCUT2D eigenvalue weighted by Gasteiger charge is 2.47. The summed E-state index contributed by atoms with van der Waals surface area (Å²) < 4.78 is 55.8. The molecule has 0 aromatic heterocycles.